The zero-order chi connectivity index (χ0) is 27.0. The fourth-order valence-electron chi connectivity index (χ4n) is 6.20. The average Bonchev–Trinajstić information content (AvgIpc) is 3.44. The van der Waals surface area contributed by atoms with Crippen LogP contribution in [-0.2, 0) is 23.2 Å². The summed E-state index contributed by atoms with van der Waals surface area (Å²) in [6.45, 7) is 1.28. The molecule has 0 spiro atoms. The molecule has 6 rings (SSSR count). The van der Waals surface area contributed by atoms with Gasteiger partial charge in [-0.3, -0.25) is 4.79 Å². The van der Waals surface area contributed by atoms with Gasteiger partial charge >= 0.3 is 0 Å². The van der Waals surface area contributed by atoms with Crippen molar-refractivity contribution in [1.29, 1.82) is 0 Å². The largest absolute Gasteiger partial charge is 0.507 e. The van der Waals surface area contributed by atoms with Gasteiger partial charge in [0.25, 0.3) is 0 Å². The van der Waals surface area contributed by atoms with Gasteiger partial charge < -0.3 is 14.9 Å². The summed E-state index contributed by atoms with van der Waals surface area (Å²) in [5.74, 6) is 0.0767. The third-order valence-electron chi connectivity index (χ3n) is 7.96. The summed E-state index contributed by atoms with van der Waals surface area (Å²) >= 11 is 12.4. The predicted octanol–water partition coefficient (Wildman–Crippen LogP) is 7.47. The monoisotopic (exact) mass is 554 g/mol. The number of likely N-dealkylation sites (tertiary alicyclic amines) is 1. The Bertz CT molecular complexity index is 1530. The number of amides is 1. The third-order valence-corrected chi connectivity index (χ3v) is 8.46. The number of carbonyl (C=O) groups is 1. The highest BCUT2D eigenvalue weighted by Crippen LogP contribution is 2.54. The van der Waals surface area contributed by atoms with E-state index in [4.69, 9.17) is 23.2 Å². The van der Waals surface area contributed by atoms with Crippen molar-refractivity contribution in [3.05, 3.63) is 135 Å². The summed E-state index contributed by atoms with van der Waals surface area (Å²) in [4.78, 5) is 18.2. The zero-order valence-electron chi connectivity index (χ0n) is 21.3. The normalized spacial score (nSPS) is 19.9. The minimum Gasteiger partial charge on any atom is -0.507 e. The van der Waals surface area contributed by atoms with E-state index in [1.165, 1.54) is 11.1 Å². The molecule has 1 amide bonds. The lowest BCUT2D eigenvalue weighted by Crippen LogP contribution is -2.52. The second-order valence-corrected chi connectivity index (χ2v) is 11.2. The molecule has 0 aliphatic carbocycles. The topological polar surface area (TPSA) is 43.8 Å². The molecule has 0 bridgehead atoms. The van der Waals surface area contributed by atoms with E-state index >= 15 is 0 Å². The van der Waals surface area contributed by atoms with Crippen LogP contribution in [0.25, 0.3) is 6.08 Å². The molecule has 2 aliphatic heterocycles. The molecule has 4 aromatic carbocycles. The molecule has 0 radical (unpaired) electrons. The van der Waals surface area contributed by atoms with E-state index < -0.39 is 0 Å². The Hall–Kier alpha value is -3.73. The van der Waals surface area contributed by atoms with Crippen LogP contribution in [0.15, 0.2) is 103 Å². The molecule has 1 fully saturated rings. The Morgan fingerprint density at radius 2 is 1.51 bits per heavy atom. The molecule has 39 heavy (non-hydrogen) atoms. The number of nitrogens with zero attached hydrogens (tertiary/aromatic N) is 2. The lowest BCUT2D eigenvalue weighted by molar-refractivity contribution is -0.127. The number of halogens is 2. The summed E-state index contributed by atoms with van der Waals surface area (Å²) in [6, 6.07) is 31.5. The molecule has 2 atom stereocenters. The number of hydrogen-bond acceptors (Lipinski definition) is 3. The third kappa shape index (κ3) is 4.80. The molecule has 1 saturated heterocycles. The van der Waals surface area contributed by atoms with Crippen molar-refractivity contribution in [2.45, 2.75) is 31.0 Å². The lowest BCUT2D eigenvalue weighted by atomic mass is 9.74. The van der Waals surface area contributed by atoms with E-state index in [-0.39, 0.29) is 23.2 Å². The average molecular weight is 556 g/mol. The van der Waals surface area contributed by atoms with Crippen molar-refractivity contribution < 1.29 is 9.90 Å². The first-order chi connectivity index (χ1) is 18.9. The number of anilines is 1. The van der Waals surface area contributed by atoms with Gasteiger partial charge in [-0.05, 0) is 72.0 Å². The Morgan fingerprint density at radius 3 is 2.23 bits per heavy atom. The molecule has 2 aliphatic rings. The number of hydrogen-bond donors (Lipinski definition) is 1. The van der Waals surface area contributed by atoms with E-state index in [1.54, 1.807) is 30.4 Å². The van der Waals surface area contributed by atoms with Crippen LogP contribution in [-0.4, -0.2) is 28.6 Å². The number of benzene rings is 4. The van der Waals surface area contributed by atoms with Crippen LogP contribution in [0, 0.1) is 0 Å². The summed E-state index contributed by atoms with van der Waals surface area (Å²) in [6.07, 6.45) is 4.72. The molecule has 0 saturated carbocycles. The number of carbonyl (C=O) groups excluding carboxylic acids is 1. The van der Waals surface area contributed by atoms with Crippen molar-refractivity contribution >= 4 is 40.9 Å². The van der Waals surface area contributed by atoms with Crippen LogP contribution in [0.1, 0.15) is 28.7 Å². The van der Waals surface area contributed by atoms with Crippen molar-refractivity contribution in [2.24, 2.45) is 0 Å². The summed E-state index contributed by atoms with van der Waals surface area (Å²) in [5.41, 5.74) is 5.06. The van der Waals surface area contributed by atoms with E-state index in [2.05, 4.69) is 41.3 Å². The van der Waals surface area contributed by atoms with Gasteiger partial charge in [-0.1, -0.05) is 83.9 Å². The van der Waals surface area contributed by atoms with Crippen molar-refractivity contribution in [1.82, 2.24) is 4.90 Å². The zero-order valence-corrected chi connectivity index (χ0v) is 22.8. The van der Waals surface area contributed by atoms with Crippen molar-refractivity contribution in [3.8, 4) is 5.75 Å². The van der Waals surface area contributed by atoms with Crippen LogP contribution in [0.2, 0.25) is 10.0 Å². The maximum Gasteiger partial charge on any atom is 0.248 e. The fraction of sp³-hybridized carbons (Fsp3) is 0.182. The molecule has 4 nitrogen and oxygen atoms in total. The molecule has 6 heteroatoms. The van der Waals surface area contributed by atoms with Crippen molar-refractivity contribution in [2.75, 3.05) is 11.4 Å². The predicted molar refractivity (Wildman–Crippen MR) is 158 cm³/mol. The summed E-state index contributed by atoms with van der Waals surface area (Å²) in [5, 5.41) is 11.6. The van der Waals surface area contributed by atoms with Crippen LogP contribution in [0.3, 0.4) is 0 Å². The number of rotatable bonds is 6. The Morgan fingerprint density at radius 1 is 0.872 bits per heavy atom. The first kappa shape index (κ1) is 25.5. The van der Waals surface area contributed by atoms with E-state index in [0.717, 1.165) is 24.1 Å². The van der Waals surface area contributed by atoms with Gasteiger partial charge in [0.05, 0.1) is 0 Å². The molecule has 2 unspecified atom stereocenters. The van der Waals surface area contributed by atoms with Gasteiger partial charge in [-0.25, -0.2) is 0 Å². The second-order valence-electron chi connectivity index (χ2n) is 10.3. The van der Waals surface area contributed by atoms with E-state index in [0.29, 0.717) is 28.7 Å². The number of fused-ring (bicyclic) bond motifs is 3. The van der Waals surface area contributed by atoms with Crippen LogP contribution < -0.4 is 4.90 Å². The maximum atomic E-state index is 13.8. The Balaban J connectivity index is 1.42. The number of phenols is 1. The lowest BCUT2D eigenvalue weighted by Gasteiger charge is -2.38. The first-order valence-corrected chi connectivity index (χ1v) is 13.8. The molecule has 1 N–H and O–H groups in total. The van der Waals surface area contributed by atoms with Gasteiger partial charge in [0.15, 0.2) is 0 Å². The van der Waals surface area contributed by atoms with Crippen LogP contribution in [0.5, 0.6) is 5.75 Å². The van der Waals surface area contributed by atoms with E-state index in [9.17, 15) is 9.90 Å². The summed E-state index contributed by atoms with van der Waals surface area (Å²) < 4.78 is 0. The van der Waals surface area contributed by atoms with Gasteiger partial charge in [0.1, 0.15) is 11.9 Å². The SMILES string of the molecule is O=C(/C=C/c1ccccc1O)N1CCC2(Cc3ccc(Cl)cc3)c3ccccc3N(Cc3ccc(Cl)cc3)C12. The summed E-state index contributed by atoms with van der Waals surface area (Å²) in [7, 11) is 0. The molecule has 0 aromatic heterocycles. The standard InChI is InChI=1S/C33H28Cl2N2O2/c34-26-14-9-23(10-15-26)21-33-19-20-36(31(39)18-13-25-5-1-4-8-30(25)38)32(33)37(29-7-3-2-6-28(29)33)22-24-11-16-27(35)17-12-24/h1-18,32,38H,19-22H2/b18-13+. The second kappa shape index (κ2) is 10.4. The van der Waals surface area contributed by atoms with Gasteiger partial charge in [-0.15, -0.1) is 0 Å². The molecule has 4 aromatic rings. The van der Waals surface area contributed by atoms with Gasteiger partial charge in [0, 0.05) is 45.9 Å². The number of phenolic OH excluding ortho intramolecular Hbond substituents is 1. The Kier molecular flexibility index (Phi) is 6.84. The van der Waals surface area contributed by atoms with Crippen LogP contribution >= 0.6 is 23.2 Å². The molecular formula is C33H28Cl2N2O2. The minimum atomic E-state index is -0.283. The fourth-order valence-corrected chi connectivity index (χ4v) is 6.45. The minimum absolute atomic E-state index is 0.0739. The molecule has 196 valence electrons. The van der Waals surface area contributed by atoms with Crippen LogP contribution in [0.4, 0.5) is 5.69 Å². The molecule has 2 heterocycles. The highest BCUT2D eigenvalue weighted by molar-refractivity contribution is 6.30. The highest BCUT2D eigenvalue weighted by atomic mass is 35.5. The van der Waals surface area contributed by atoms with E-state index in [1.807, 2.05) is 47.4 Å². The van der Waals surface area contributed by atoms with Gasteiger partial charge in [0.2, 0.25) is 5.91 Å². The number of para-hydroxylation sites is 2. The maximum absolute atomic E-state index is 13.8. The van der Waals surface area contributed by atoms with Crippen molar-refractivity contribution in [3.63, 3.8) is 0 Å². The quantitative estimate of drug-likeness (QED) is 0.251. The number of aromatic hydroxyl groups is 1. The Labute approximate surface area is 238 Å². The first-order valence-electron chi connectivity index (χ1n) is 13.1. The highest BCUT2D eigenvalue weighted by Gasteiger charge is 2.57. The van der Waals surface area contributed by atoms with Gasteiger partial charge in [-0.2, -0.15) is 0 Å². The molecular weight excluding hydrogens is 527 g/mol. The smallest absolute Gasteiger partial charge is 0.248 e.